The molecule has 2 N–H and O–H groups in total. The van der Waals surface area contributed by atoms with E-state index in [9.17, 15) is 9.59 Å². The van der Waals surface area contributed by atoms with E-state index in [1.165, 1.54) is 0 Å². The van der Waals surface area contributed by atoms with Gasteiger partial charge in [0.2, 0.25) is 17.6 Å². The Hall–Kier alpha value is -3.48. The van der Waals surface area contributed by atoms with Crippen molar-refractivity contribution < 1.29 is 14.1 Å². The van der Waals surface area contributed by atoms with Crippen molar-refractivity contribution in [3.63, 3.8) is 0 Å². The van der Waals surface area contributed by atoms with Crippen molar-refractivity contribution >= 4 is 17.5 Å². The SMILES string of the molecule is Cc1ccc(-c2noc(CCC(=O)Nc3cccc(C(=O)NC4CC4)c3)n2)cc1. The van der Waals surface area contributed by atoms with E-state index in [2.05, 4.69) is 20.8 Å². The first-order valence-corrected chi connectivity index (χ1v) is 9.67. The van der Waals surface area contributed by atoms with E-state index in [-0.39, 0.29) is 18.2 Å². The summed E-state index contributed by atoms with van der Waals surface area (Å²) >= 11 is 0. The quantitative estimate of drug-likeness (QED) is 0.643. The van der Waals surface area contributed by atoms with Crippen LogP contribution in [0.15, 0.2) is 53.1 Å². The summed E-state index contributed by atoms with van der Waals surface area (Å²) in [6, 6.07) is 15.1. The molecule has 0 bridgehead atoms. The lowest BCUT2D eigenvalue weighted by atomic mass is 10.1. The summed E-state index contributed by atoms with van der Waals surface area (Å²) in [4.78, 5) is 28.7. The molecule has 2 amide bonds. The highest BCUT2D eigenvalue weighted by molar-refractivity contribution is 5.97. The topological polar surface area (TPSA) is 97.1 Å². The molecule has 29 heavy (non-hydrogen) atoms. The number of hydrogen-bond donors (Lipinski definition) is 2. The lowest BCUT2D eigenvalue weighted by Gasteiger charge is -2.07. The van der Waals surface area contributed by atoms with E-state index in [4.69, 9.17) is 4.52 Å². The summed E-state index contributed by atoms with van der Waals surface area (Å²) in [5.41, 5.74) is 3.15. The molecule has 1 fully saturated rings. The maximum Gasteiger partial charge on any atom is 0.251 e. The molecule has 0 radical (unpaired) electrons. The maximum atomic E-state index is 12.3. The number of anilines is 1. The highest BCUT2D eigenvalue weighted by Crippen LogP contribution is 2.20. The van der Waals surface area contributed by atoms with E-state index >= 15 is 0 Å². The van der Waals surface area contributed by atoms with Crippen molar-refractivity contribution in [1.29, 1.82) is 0 Å². The molecule has 1 aliphatic rings. The minimum absolute atomic E-state index is 0.113. The number of nitrogens with zero attached hydrogens (tertiary/aromatic N) is 2. The number of nitrogens with one attached hydrogen (secondary N) is 2. The standard InChI is InChI=1S/C22H22N4O3/c1-14-5-7-15(8-6-14)21-25-20(29-26-21)12-11-19(27)23-18-4-2-3-16(13-18)22(28)24-17-9-10-17/h2-8,13,17H,9-12H2,1H3,(H,23,27)(H,24,28). The normalized spacial score (nSPS) is 13.1. The summed E-state index contributed by atoms with van der Waals surface area (Å²) < 4.78 is 5.25. The lowest BCUT2D eigenvalue weighted by molar-refractivity contribution is -0.116. The summed E-state index contributed by atoms with van der Waals surface area (Å²) in [7, 11) is 0. The van der Waals surface area contributed by atoms with Gasteiger partial charge in [0.15, 0.2) is 0 Å². The molecule has 0 spiro atoms. The van der Waals surface area contributed by atoms with E-state index < -0.39 is 0 Å². The minimum atomic E-state index is -0.181. The molecule has 0 saturated heterocycles. The molecule has 4 rings (SSSR count). The van der Waals surface area contributed by atoms with Crippen molar-refractivity contribution in [1.82, 2.24) is 15.5 Å². The molecule has 0 atom stereocenters. The number of hydrogen-bond acceptors (Lipinski definition) is 5. The van der Waals surface area contributed by atoms with Crippen molar-refractivity contribution in [3.05, 3.63) is 65.5 Å². The van der Waals surface area contributed by atoms with Crippen LogP contribution in [0.2, 0.25) is 0 Å². The van der Waals surface area contributed by atoms with Crippen molar-refractivity contribution in [2.45, 2.75) is 38.6 Å². The largest absolute Gasteiger partial charge is 0.349 e. The van der Waals surface area contributed by atoms with Crippen molar-refractivity contribution in [3.8, 4) is 11.4 Å². The summed E-state index contributed by atoms with van der Waals surface area (Å²) in [6.45, 7) is 2.01. The number of aryl methyl sites for hydroxylation is 2. The molecule has 0 unspecified atom stereocenters. The van der Waals surface area contributed by atoms with Gasteiger partial charge in [0.25, 0.3) is 5.91 Å². The molecule has 1 aromatic heterocycles. The highest BCUT2D eigenvalue weighted by atomic mass is 16.5. The van der Waals surface area contributed by atoms with Crippen LogP contribution in [0.1, 0.15) is 41.1 Å². The molecule has 7 nitrogen and oxygen atoms in total. The molecule has 0 aliphatic heterocycles. The predicted octanol–water partition coefficient (Wildman–Crippen LogP) is 3.51. The van der Waals surface area contributed by atoms with Gasteiger partial charge in [0, 0.05) is 35.7 Å². The van der Waals surface area contributed by atoms with Crippen LogP contribution in [0, 0.1) is 6.92 Å². The van der Waals surface area contributed by atoms with Gasteiger partial charge in [-0.3, -0.25) is 9.59 Å². The summed E-state index contributed by atoms with van der Waals surface area (Å²) in [5.74, 6) is 0.626. The molecular weight excluding hydrogens is 368 g/mol. The fourth-order valence-electron chi connectivity index (χ4n) is 2.85. The fraction of sp³-hybridized carbons (Fsp3) is 0.273. The third-order valence-corrected chi connectivity index (χ3v) is 4.66. The zero-order chi connectivity index (χ0) is 20.2. The van der Waals surface area contributed by atoms with Gasteiger partial charge >= 0.3 is 0 Å². The first-order chi connectivity index (χ1) is 14.1. The lowest BCUT2D eigenvalue weighted by Crippen LogP contribution is -2.25. The average molecular weight is 390 g/mol. The predicted molar refractivity (Wildman–Crippen MR) is 108 cm³/mol. The number of carbonyl (C=O) groups is 2. The minimum Gasteiger partial charge on any atom is -0.349 e. The Kier molecular flexibility index (Phi) is 5.37. The third-order valence-electron chi connectivity index (χ3n) is 4.66. The van der Waals surface area contributed by atoms with Crippen LogP contribution in [0.25, 0.3) is 11.4 Å². The van der Waals surface area contributed by atoms with E-state index in [1.807, 2.05) is 31.2 Å². The van der Waals surface area contributed by atoms with Crippen molar-refractivity contribution in [2.75, 3.05) is 5.32 Å². The van der Waals surface area contributed by atoms with Crippen LogP contribution in [-0.4, -0.2) is 28.0 Å². The van der Waals surface area contributed by atoms with Crippen LogP contribution in [0.3, 0.4) is 0 Å². The third kappa shape index (κ3) is 5.07. The zero-order valence-corrected chi connectivity index (χ0v) is 16.1. The number of aromatic nitrogens is 2. The van der Waals surface area contributed by atoms with Crippen LogP contribution < -0.4 is 10.6 Å². The Morgan fingerprint density at radius 2 is 1.93 bits per heavy atom. The van der Waals surface area contributed by atoms with Gasteiger partial charge in [-0.05, 0) is 38.0 Å². The maximum absolute atomic E-state index is 12.3. The molecule has 1 heterocycles. The molecule has 2 aromatic carbocycles. The molecule has 148 valence electrons. The molecule has 1 saturated carbocycles. The monoisotopic (exact) mass is 390 g/mol. The highest BCUT2D eigenvalue weighted by Gasteiger charge is 2.23. The van der Waals surface area contributed by atoms with Crippen molar-refractivity contribution in [2.24, 2.45) is 0 Å². The second-order valence-corrected chi connectivity index (χ2v) is 7.25. The molecule has 7 heteroatoms. The van der Waals surface area contributed by atoms with E-state index in [1.54, 1.807) is 24.3 Å². The summed E-state index contributed by atoms with van der Waals surface area (Å²) in [5, 5.41) is 9.72. The Labute approximate surface area is 168 Å². The second kappa shape index (κ2) is 8.26. The van der Waals surface area contributed by atoms with E-state index in [0.717, 1.165) is 24.0 Å². The zero-order valence-electron chi connectivity index (χ0n) is 16.1. The Morgan fingerprint density at radius 3 is 2.69 bits per heavy atom. The van der Waals surface area contributed by atoms with E-state index in [0.29, 0.717) is 35.4 Å². The van der Waals surface area contributed by atoms with Gasteiger partial charge in [0.1, 0.15) is 0 Å². The van der Waals surface area contributed by atoms with Crippen LogP contribution in [-0.2, 0) is 11.2 Å². The number of amides is 2. The van der Waals surface area contributed by atoms with Gasteiger partial charge in [-0.25, -0.2) is 0 Å². The van der Waals surface area contributed by atoms with Gasteiger partial charge in [-0.1, -0.05) is 41.1 Å². The first-order valence-electron chi connectivity index (χ1n) is 9.67. The smallest absolute Gasteiger partial charge is 0.251 e. The fourth-order valence-corrected chi connectivity index (χ4v) is 2.85. The van der Waals surface area contributed by atoms with Crippen LogP contribution >= 0.6 is 0 Å². The average Bonchev–Trinajstić information content (AvgIpc) is 3.41. The second-order valence-electron chi connectivity index (χ2n) is 7.25. The Morgan fingerprint density at radius 1 is 1.14 bits per heavy atom. The van der Waals surface area contributed by atoms with Gasteiger partial charge in [0.05, 0.1) is 0 Å². The molecule has 3 aromatic rings. The number of benzene rings is 2. The van der Waals surface area contributed by atoms with Gasteiger partial charge in [-0.15, -0.1) is 0 Å². The Bertz CT molecular complexity index is 1020. The number of rotatable bonds is 7. The molecule has 1 aliphatic carbocycles. The first kappa shape index (κ1) is 18.9. The molecular formula is C22H22N4O3. The summed E-state index contributed by atoms with van der Waals surface area (Å²) in [6.07, 6.45) is 2.60. The Balaban J connectivity index is 1.31. The van der Waals surface area contributed by atoms with Crippen LogP contribution in [0.4, 0.5) is 5.69 Å². The van der Waals surface area contributed by atoms with Gasteiger partial charge < -0.3 is 15.2 Å². The van der Waals surface area contributed by atoms with Gasteiger partial charge in [-0.2, -0.15) is 4.98 Å². The van der Waals surface area contributed by atoms with Crippen LogP contribution in [0.5, 0.6) is 0 Å². The number of carbonyl (C=O) groups excluding carboxylic acids is 2.